The predicted octanol–water partition coefficient (Wildman–Crippen LogP) is 1.27. The van der Waals surface area contributed by atoms with Gasteiger partial charge in [-0.25, -0.2) is 9.48 Å². The van der Waals surface area contributed by atoms with Gasteiger partial charge in [0.15, 0.2) is 5.69 Å². The van der Waals surface area contributed by atoms with Crippen molar-refractivity contribution in [3.8, 4) is 11.3 Å². The zero-order valence-electron chi connectivity index (χ0n) is 11.6. The first-order valence-corrected chi connectivity index (χ1v) is 6.70. The number of carbonyl (C=O) groups excluding carboxylic acids is 1. The van der Waals surface area contributed by atoms with Crippen LogP contribution in [0.5, 0.6) is 0 Å². The van der Waals surface area contributed by atoms with Crippen LogP contribution in [0.1, 0.15) is 29.8 Å². The molecule has 2 aromatic rings. The molecule has 3 rings (SSSR count). The fourth-order valence-electron chi connectivity index (χ4n) is 2.42. The molecule has 0 N–H and O–H groups in total. The van der Waals surface area contributed by atoms with E-state index in [0.717, 1.165) is 12.1 Å². The van der Waals surface area contributed by atoms with Crippen molar-refractivity contribution >= 4 is 5.97 Å². The van der Waals surface area contributed by atoms with Crippen LogP contribution in [0.25, 0.3) is 11.3 Å². The molecule has 1 aliphatic carbocycles. The minimum Gasteiger partial charge on any atom is -0.464 e. The maximum atomic E-state index is 11.8. The van der Waals surface area contributed by atoms with Gasteiger partial charge in [0.2, 0.25) is 0 Å². The number of rotatable bonds is 4. The molecule has 0 radical (unpaired) electrons. The van der Waals surface area contributed by atoms with E-state index in [4.69, 9.17) is 4.74 Å². The van der Waals surface area contributed by atoms with Gasteiger partial charge in [-0.15, -0.1) is 5.10 Å². The van der Waals surface area contributed by atoms with Crippen molar-refractivity contribution in [2.24, 2.45) is 13.0 Å². The summed E-state index contributed by atoms with van der Waals surface area (Å²) in [6.07, 6.45) is 7.25. The maximum Gasteiger partial charge on any atom is 0.360 e. The zero-order chi connectivity index (χ0) is 14.1. The van der Waals surface area contributed by atoms with E-state index in [0.29, 0.717) is 11.6 Å². The first-order valence-electron chi connectivity index (χ1n) is 6.70. The van der Waals surface area contributed by atoms with Crippen LogP contribution in [0.15, 0.2) is 12.4 Å². The lowest BCUT2D eigenvalue weighted by Gasteiger charge is -2.25. The smallest absolute Gasteiger partial charge is 0.360 e. The highest BCUT2D eigenvalue weighted by Crippen LogP contribution is 2.30. The van der Waals surface area contributed by atoms with Gasteiger partial charge in [-0.3, -0.25) is 4.68 Å². The molecule has 1 aliphatic rings. The summed E-state index contributed by atoms with van der Waals surface area (Å²) >= 11 is 0. The summed E-state index contributed by atoms with van der Waals surface area (Å²) in [6, 6.07) is 0. The summed E-state index contributed by atoms with van der Waals surface area (Å²) in [5.41, 5.74) is 1.77. The Morgan fingerprint density at radius 1 is 1.50 bits per heavy atom. The Labute approximate surface area is 116 Å². The number of aromatic nitrogens is 5. The Morgan fingerprint density at radius 2 is 2.30 bits per heavy atom. The molecule has 7 heteroatoms. The molecule has 1 saturated carbocycles. The van der Waals surface area contributed by atoms with E-state index in [2.05, 4.69) is 15.4 Å². The molecule has 0 unspecified atom stereocenters. The molecule has 2 aromatic heterocycles. The molecule has 0 aliphatic heterocycles. The van der Waals surface area contributed by atoms with Gasteiger partial charge >= 0.3 is 5.97 Å². The van der Waals surface area contributed by atoms with Crippen LogP contribution >= 0.6 is 0 Å². The summed E-state index contributed by atoms with van der Waals surface area (Å²) in [6.45, 7) is 0.786. The Kier molecular flexibility index (Phi) is 3.25. The van der Waals surface area contributed by atoms with Crippen molar-refractivity contribution in [1.29, 1.82) is 0 Å². The van der Waals surface area contributed by atoms with Gasteiger partial charge in [0, 0.05) is 25.4 Å². The van der Waals surface area contributed by atoms with E-state index in [-0.39, 0.29) is 5.69 Å². The molecule has 7 nitrogen and oxygen atoms in total. The minimum atomic E-state index is -0.469. The third-order valence-corrected chi connectivity index (χ3v) is 3.75. The summed E-state index contributed by atoms with van der Waals surface area (Å²) in [5, 5.41) is 12.3. The number of methoxy groups -OCH3 is 1. The van der Waals surface area contributed by atoms with Crippen LogP contribution in [-0.2, 0) is 18.3 Å². The number of aryl methyl sites for hydroxylation is 1. The third kappa shape index (κ3) is 2.19. The Hall–Kier alpha value is -2.18. The van der Waals surface area contributed by atoms with Crippen molar-refractivity contribution < 1.29 is 9.53 Å². The standard InChI is InChI=1S/C13H17N5O2/c1-17-8-10(6-14-17)12-11(13(19)20-2)15-16-18(12)7-9-4-3-5-9/h6,8-9H,3-5,7H2,1-2H3. The molecule has 0 spiro atoms. The minimum absolute atomic E-state index is 0.250. The third-order valence-electron chi connectivity index (χ3n) is 3.75. The summed E-state index contributed by atoms with van der Waals surface area (Å²) in [4.78, 5) is 11.8. The Bertz CT molecular complexity index is 626. The molecule has 2 heterocycles. The Balaban J connectivity index is 2.01. The monoisotopic (exact) mass is 275 g/mol. The molecule has 1 fully saturated rings. The second-order valence-electron chi connectivity index (χ2n) is 5.16. The highest BCUT2D eigenvalue weighted by atomic mass is 16.5. The average Bonchev–Trinajstić information content (AvgIpc) is 2.98. The second-order valence-corrected chi connectivity index (χ2v) is 5.16. The number of esters is 1. The fraction of sp³-hybridized carbons (Fsp3) is 0.538. The van der Waals surface area contributed by atoms with E-state index >= 15 is 0 Å². The van der Waals surface area contributed by atoms with Gasteiger partial charge in [0.25, 0.3) is 0 Å². The van der Waals surface area contributed by atoms with E-state index < -0.39 is 5.97 Å². The normalized spacial score (nSPS) is 15.1. The van der Waals surface area contributed by atoms with E-state index in [1.54, 1.807) is 15.6 Å². The zero-order valence-corrected chi connectivity index (χ0v) is 11.6. The molecule has 0 atom stereocenters. The Morgan fingerprint density at radius 3 is 2.85 bits per heavy atom. The van der Waals surface area contributed by atoms with Crippen LogP contribution in [0.4, 0.5) is 0 Å². The molecule has 0 bridgehead atoms. The second kappa shape index (κ2) is 5.07. The largest absolute Gasteiger partial charge is 0.464 e. The molecule has 0 saturated heterocycles. The number of hydrogen-bond donors (Lipinski definition) is 0. The van der Waals surface area contributed by atoms with Crippen LogP contribution < -0.4 is 0 Å². The van der Waals surface area contributed by atoms with Gasteiger partial charge < -0.3 is 4.74 Å². The molecular weight excluding hydrogens is 258 g/mol. The molecule has 0 amide bonds. The van der Waals surface area contributed by atoms with Crippen LogP contribution in [-0.4, -0.2) is 37.9 Å². The van der Waals surface area contributed by atoms with Gasteiger partial charge in [0.05, 0.1) is 13.3 Å². The number of ether oxygens (including phenoxy) is 1. The number of nitrogens with zero attached hydrogens (tertiary/aromatic N) is 5. The lowest BCUT2D eigenvalue weighted by Crippen LogP contribution is -2.19. The summed E-state index contributed by atoms with van der Waals surface area (Å²) in [5.74, 6) is 0.154. The highest BCUT2D eigenvalue weighted by molar-refractivity contribution is 5.93. The fourth-order valence-corrected chi connectivity index (χ4v) is 2.42. The topological polar surface area (TPSA) is 74.8 Å². The highest BCUT2D eigenvalue weighted by Gasteiger charge is 2.26. The lowest BCUT2D eigenvalue weighted by atomic mass is 9.85. The molecule has 20 heavy (non-hydrogen) atoms. The first kappa shape index (κ1) is 12.8. The average molecular weight is 275 g/mol. The van der Waals surface area contributed by atoms with Crippen LogP contribution in [0.2, 0.25) is 0 Å². The molecular formula is C13H17N5O2. The summed E-state index contributed by atoms with van der Waals surface area (Å²) in [7, 11) is 3.18. The van der Waals surface area contributed by atoms with Crippen LogP contribution in [0, 0.1) is 5.92 Å². The first-order chi connectivity index (χ1) is 9.69. The summed E-state index contributed by atoms with van der Waals surface area (Å²) < 4.78 is 8.27. The van der Waals surface area contributed by atoms with Gasteiger partial charge in [-0.05, 0) is 18.8 Å². The van der Waals surface area contributed by atoms with Crippen molar-refractivity contribution in [2.75, 3.05) is 7.11 Å². The van der Waals surface area contributed by atoms with Crippen molar-refractivity contribution in [3.05, 3.63) is 18.1 Å². The van der Waals surface area contributed by atoms with E-state index in [1.165, 1.54) is 26.4 Å². The maximum absolute atomic E-state index is 11.8. The SMILES string of the molecule is COC(=O)c1nnn(CC2CCC2)c1-c1cnn(C)c1. The van der Waals surface area contributed by atoms with Crippen molar-refractivity contribution in [3.63, 3.8) is 0 Å². The van der Waals surface area contributed by atoms with Gasteiger partial charge in [-0.2, -0.15) is 5.10 Å². The van der Waals surface area contributed by atoms with Crippen LogP contribution in [0.3, 0.4) is 0 Å². The van der Waals surface area contributed by atoms with E-state index in [9.17, 15) is 4.79 Å². The molecule has 106 valence electrons. The van der Waals surface area contributed by atoms with Crippen molar-refractivity contribution in [2.45, 2.75) is 25.8 Å². The number of hydrogen-bond acceptors (Lipinski definition) is 5. The molecule has 0 aromatic carbocycles. The lowest BCUT2D eigenvalue weighted by molar-refractivity contribution is 0.0595. The van der Waals surface area contributed by atoms with E-state index in [1.807, 2.05) is 13.2 Å². The van der Waals surface area contributed by atoms with Crippen molar-refractivity contribution in [1.82, 2.24) is 24.8 Å². The van der Waals surface area contributed by atoms with Gasteiger partial charge in [-0.1, -0.05) is 11.6 Å². The number of carbonyl (C=O) groups is 1. The quantitative estimate of drug-likeness (QED) is 0.785. The predicted molar refractivity (Wildman–Crippen MR) is 70.9 cm³/mol. The van der Waals surface area contributed by atoms with Gasteiger partial charge in [0.1, 0.15) is 5.69 Å².